The molecule has 1 saturated heterocycles. The first kappa shape index (κ1) is 26.7. The van der Waals surface area contributed by atoms with Crippen molar-refractivity contribution in [3.63, 3.8) is 0 Å². The quantitative estimate of drug-likeness (QED) is 0.369. The van der Waals surface area contributed by atoms with Gasteiger partial charge in [-0.15, -0.1) is 0 Å². The van der Waals surface area contributed by atoms with Crippen molar-refractivity contribution < 1.29 is 47.5 Å². The van der Waals surface area contributed by atoms with Crippen LogP contribution in [-0.4, -0.2) is 123 Å². The van der Waals surface area contributed by atoms with Crippen molar-refractivity contribution in [2.24, 2.45) is 0 Å². The number of amides is 1. The Kier molecular flexibility index (Phi) is 11.1. The van der Waals surface area contributed by atoms with E-state index in [4.69, 9.17) is 37.9 Å². The highest BCUT2D eigenvalue weighted by Gasteiger charge is 2.58. The fraction of sp³-hybridized carbons (Fsp3) is 0.895. The Balaban J connectivity index is 3.50. The first-order chi connectivity index (χ1) is 14.3. The van der Waals surface area contributed by atoms with E-state index in [1.165, 1.54) is 54.7 Å². The zero-order valence-electron chi connectivity index (χ0n) is 19.0. The van der Waals surface area contributed by atoms with Crippen LogP contribution in [0.5, 0.6) is 0 Å². The molecule has 0 spiro atoms. The van der Waals surface area contributed by atoms with Gasteiger partial charge < -0.3 is 42.8 Å². The van der Waals surface area contributed by atoms with E-state index in [0.717, 1.165) is 0 Å². The van der Waals surface area contributed by atoms with Crippen molar-refractivity contribution in [3.05, 3.63) is 0 Å². The van der Waals surface area contributed by atoms with Crippen molar-refractivity contribution in [2.75, 3.05) is 70.0 Å². The minimum absolute atomic E-state index is 0.00317. The number of carbonyl (C=O) groups excluding carboxylic acids is 2. The van der Waals surface area contributed by atoms with Crippen molar-refractivity contribution in [1.29, 1.82) is 0 Å². The Bertz CT molecular complexity index is 547. The Morgan fingerprint density at radius 2 is 1.73 bits per heavy atom. The molecule has 0 radical (unpaired) electrons. The number of rotatable bonds is 12. The van der Waals surface area contributed by atoms with Gasteiger partial charge in [-0.3, -0.25) is 4.79 Å². The van der Waals surface area contributed by atoms with Gasteiger partial charge in [0.1, 0.15) is 24.9 Å². The molecular formula is C19H35NO10. The van der Waals surface area contributed by atoms with Crippen LogP contribution in [0.4, 0.5) is 0 Å². The number of nitrogens with zero attached hydrogens (tertiary/aromatic N) is 1. The molecular weight excluding hydrogens is 402 g/mol. The van der Waals surface area contributed by atoms with Gasteiger partial charge in [0.05, 0.1) is 25.9 Å². The third-order valence-corrected chi connectivity index (χ3v) is 5.35. The first-order valence-electron chi connectivity index (χ1n) is 9.43. The molecule has 0 bridgehead atoms. The summed E-state index contributed by atoms with van der Waals surface area (Å²) in [5.74, 6) is -2.77. The summed E-state index contributed by atoms with van der Waals surface area (Å²) in [6, 6.07) is -0.648. The van der Waals surface area contributed by atoms with Crippen LogP contribution < -0.4 is 0 Å². The Labute approximate surface area is 177 Å². The van der Waals surface area contributed by atoms with E-state index in [0.29, 0.717) is 0 Å². The van der Waals surface area contributed by atoms with Crippen molar-refractivity contribution in [3.8, 4) is 0 Å². The average molecular weight is 437 g/mol. The van der Waals surface area contributed by atoms with E-state index >= 15 is 0 Å². The summed E-state index contributed by atoms with van der Waals surface area (Å²) in [6.45, 7) is 0.0547. The summed E-state index contributed by atoms with van der Waals surface area (Å²) >= 11 is 0. The molecule has 6 atom stereocenters. The summed E-state index contributed by atoms with van der Waals surface area (Å²) < 4.78 is 43.7. The molecule has 0 aromatic heterocycles. The second-order valence-corrected chi connectivity index (χ2v) is 6.87. The molecule has 0 aliphatic carbocycles. The maximum absolute atomic E-state index is 12.6. The Morgan fingerprint density at radius 1 is 1.07 bits per heavy atom. The predicted octanol–water partition coefficient (Wildman–Crippen LogP) is -0.544. The Morgan fingerprint density at radius 3 is 2.17 bits per heavy atom. The maximum atomic E-state index is 12.6. The molecule has 1 fully saturated rings. The zero-order valence-corrected chi connectivity index (χ0v) is 19.0. The van der Waals surface area contributed by atoms with Gasteiger partial charge in [0, 0.05) is 56.1 Å². The number of ether oxygens (including phenoxy) is 8. The maximum Gasteiger partial charge on any atom is 0.366 e. The molecule has 1 amide bonds. The molecule has 0 aromatic carbocycles. The predicted molar refractivity (Wildman–Crippen MR) is 104 cm³/mol. The van der Waals surface area contributed by atoms with E-state index in [-0.39, 0.29) is 25.5 Å². The normalized spacial score (nSPS) is 28.6. The van der Waals surface area contributed by atoms with Gasteiger partial charge in [-0.2, -0.15) is 0 Å². The minimum Gasteiger partial charge on any atom is -0.465 e. The highest BCUT2D eigenvalue weighted by atomic mass is 16.7. The average Bonchev–Trinajstić information content (AvgIpc) is 2.77. The van der Waals surface area contributed by atoms with E-state index < -0.39 is 42.2 Å². The fourth-order valence-corrected chi connectivity index (χ4v) is 3.74. The molecule has 0 aromatic rings. The first-order valence-corrected chi connectivity index (χ1v) is 9.43. The van der Waals surface area contributed by atoms with Crippen molar-refractivity contribution in [2.45, 2.75) is 42.7 Å². The van der Waals surface area contributed by atoms with Crippen LogP contribution in [-0.2, 0) is 47.5 Å². The molecule has 1 aliphatic heterocycles. The smallest absolute Gasteiger partial charge is 0.366 e. The number of carbonyl (C=O) groups is 2. The molecule has 1 rings (SSSR count). The molecule has 0 N–H and O–H groups in total. The lowest BCUT2D eigenvalue weighted by molar-refractivity contribution is -0.316. The lowest BCUT2D eigenvalue weighted by atomic mass is 9.87. The zero-order chi connectivity index (χ0) is 22.9. The fourth-order valence-electron chi connectivity index (χ4n) is 3.74. The number of methoxy groups -OCH3 is 7. The van der Waals surface area contributed by atoms with Crippen LogP contribution in [0.15, 0.2) is 0 Å². The second-order valence-electron chi connectivity index (χ2n) is 6.87. The molecule has 1 aliphatic rings. The van der Waals surface area contributed by atoms with Gasteiger partial charge in [-0.05, 0) is 0 Å². The minimum atomic E-state index is -1.75. The van der Waals surface area contributed by atoms with E-state index in [1.54, 1.807) is 7.05 Å². The highest BCUT2D eigenvalue weighted by molar-refractivity contribution is 5.79. The highest BCUT2D eigenvalue weighted by Crippen LogP contribution is 2.37. The molecule has 0 saturated carbocycles. The summed E-state index contributed by atoms with van der Waals surface area (Å²) in [4.78, 5) is 26.7. The Hall–Kier alpha value is -1.34. The second kappa shape index (κ2) is 12.5. The summed E-state index contributed by atoms with van der Waals surface area (Å²) in [7, 11) is 11.6. The third kappa shape index (κ3) is 5.67. The van der Waals surface area contributed by atoms with E-state index in [1.807, 2.05) is 0 Å². The van der Waals surface area contributed by atoms with Gasteiger partial charge >= 0.3 is 5.97 Å². The van der Waals surface area contributed by atoms with E-state index in [2.05, 4.69) is 0 Å². The van der Waals surface area contributed by atoms with Crippen LogP contribution in [0.3, 0.4) is 0 Å². The molecule has 30 heavy (non-hydrogen) atoms. The summed E-state index contributed by atoms with van der Waals surface area (Å²) in [6.07, 6.45) is -2.85. The lowest BCUT2D eigenvalue weighted by Gasteiger charge is -2.50. The third-order valence-electron chi connectivity index (χ3n) is 5.35. The molecule has 176 valence electrons. The number of esters is 1. The lowest BCUT2D eigenvalue weighted by Crippen LogP contribution is -2.69. The van der Waals surface area contributed by atoms with Crippen molar-refractivity contribution >= 4 is 11.9 Å². The van der Waals surface area contributed by atoms with E-state index in [9.17, 15) is 9.59 Å². The molecule has 11 heteroatoms. The molecule has 1 heterocycles. The number of hydrogen-bond donors (Lipinski definition) is 0. The van der Waals surface area contributed by atoms with Crippen LogP contribution in [0.1, 0.15) is 6.42 Å². The monoisotopic (exact) mass is 437 g/mol. The number of hydrogen-bond acceptors (Lipinski definition) is 10. The van der Waals surface area contributed by atoms with Gasteiger partial charge in [0.15, 0.2) is 0 Å². The van der Waals surface area contributed by atoms with Gasteiger partial charge in [0.25, 0.3) is 5.79 Å². The summed E-state index contributed by atoms with van der Waals surface area (Å²) in [5, 5.41) is 0. The molecule has 11 nitrogen and oxygen atoms in total. The van der Waals surface area contributed by atoms with Gasteiger partial charge in [0.2, 0.25) is 5.91 Å². The topological polar surface area (TPSA) is 111 Å². The van der Waals surface area contributed by atoms with Crippen LogP contribution in [0.2, 0.25) is 0 Å². The SMILES string of the molecule is COCC(=O)N(C)[C@H]1[C@H]([C@@H](OC)[C@@H](COC)OC)OC(OC)(C(=O)OC)C[C@@H]1OC. The van der Waals surface area contributed by atoms with Crippen LogP contribution >= 0.6 is 0 Å². The van der Waals surface area contributed by atoms with Crippen LogP contribution in [0.25, 0.3) is 0 Å². The largest absolute Gasteiger partial charge is 0.465 e. The standard InChI is InChI=1S/C19H35NO10/c1-20(14(21)11-24-3)15-12(25-4)9-19(29-8,18(22)28-7)30-17(15)16(27-6)13(26-5)10-23-2/h12-13,15-17H,9-11H2,1-8H3/t12-,13+,15+,16-,17+,19?/m0/s1. The molecule has 1 unspecified atom stereocenters. The van der Waals surface area contributed by atoms with Crippen molar-refractivity contribution in [1.82, 2.24) is 4.90 Å². The van der Waals surface area contributed by atoms with Gasteiger partial charge in [-0.25, -0.2) is 4.79 Å². The number of likely N-dealkylation sites (N-methyl/N-ethyl adjacent to an activating group) is 1. The summed E-state index contributed by atoms with van der Waals surface area (Å²) in [5.41, 5.74) is 0. The van der Waals surface area contributed by atoms with Crippen LogP contribution in [0, 0.1) is 0 Å². The van der Waals surface area contributed by atoms with Gasteiger partial charge in [-0.1, -0.05) is 0 Å².